The molecule has 0 aliphatic carbocycles. The molecule has 0 bridgehead atoms. The van der Waals surface area contributed by atoms with Gasteiger partial charge in [0.2, 0.25) is 0 Å². The Morgan fingerprint density at radius 2 is 2.06 bits per heavy atom. The summed E-state index contributed by atoms with van der Waals surface area (Å²) in [4.78, 5) is 11.2. The van der Waals surface area contributed by atoms with E-state index >= 15 is 0 Å². The van der Waals surface area contributed by atoms with Crippen LogP contribution in [0, 0.1) is 6.92 Å². The summed E-state index contributed by atoms with van der Waals surface area (Å²) in [6, 6.07) is 5.34. The van der Waals surface area contributed by atoms with Crippen molar-refractivity contribution in [3.63, 3.8) is 0 Å². The van der Waals surface area contributed by atoms with Crippen molar-refractivity contribution in [3.8, 4) is 5.75 Å². The molecule has 0 aliphatic rings. The van der Waals surface area contributed by atoms with Crippen LogP contribution >= 0.6 is 12.2 Å². The van der Waals surface area contributed by atoms with E-state index in [1.807, 2.05) is 13.0 Å². The summed E-state index contributed by atoms with van der Waals surface area (Å²) in [5.74, 6) is 0.0525. The lowest BCUT2D eigenvalue weighted by atomic mass is 10.1. The first-order valence-corrected chi connectivity index (χ1v) is 5.19. The van der Waals surface area contributed by atoms with Crippen molar-refractivity contribution in [2.75, 3.05) is 0 Å². The van der Waals surface area contributed by atoms with Gasteiger partial charge in [0.25, 0.3) is 5.91 Å². The Balaban J connectivity index is 2.98. The van der Waals surface area contributed by atoms with Crippen molar-refractivity contribution in [3.05, 3.63) is 29.3 Å². The molecule has 4 nitrogen and oxygen atoms in total. The summed E-state index contributed by atoms with van der Waals surface area (Å²) in [6.07, 6.45) is -0.680. The van der Waals surface area contributed by atoms with E-state index in [0.29, 0.717) is 11.3 Å². The van der Waals surface area contributed by atoms with Crippen molar-refractivity contribution in [1.29, 1.82) is 0 Å². The SMILES string of the molecule is Cc1ccc(C(N)=S)cc1OC(C)C(N)=O. The summed E-state index contributed by atoms with van der Waals surface area (Å²) >= 11 is 4.86. The van der Waals surface area contributed by atoms with Gasteiger partial charge in [0, 0.05) is 5.56 Å². The van der Waals surface area contributed by atoms with Crippen LogP contribution in [0.25, 0.3) is 0 Å². The molecule has 0 spiro atoms. The van der Waals surface area contributed by atoms with Gasteiger partial charge in [-0.15, -0.1) is 0 Å². The highest BCUT2D eigenvalue weighted by atomic mass is 32.1. The van der Waals surface area contributed by atoms with Crippen LogP contribution in [-0.2, 0) is 4.79 Å². The Labute approximate surface area is 99.6 Å². The lowest BCUT2D eigenvalue weighted by Gasteiger charge is -2.14. The fourth-order valence-electron chi connectivity index (χ4n) is 1.13. The van der Waals surface area contributed by atoms with Gasteiger partial charge in [0.15, 0.2) is 6.10 Å². The minimum absolute atomic E-state index is 0.288. The highest BCUT2D eigenvalue weighted by Crippen LogP contribution is 2.20. The molecule has 1 aromatic carbocycles. The molecule has 5 heteroatoms. The molecule has 0 fully saturated rings. The van der Waals surface area contributed by atoms with Crippen LogP contribution in [0.15, 0.2) is 18.2 Å². The molecule has 0 aromatic heterocycles. The molecular formula is C11H14N2O2S. The van der Waals surface area contributed by atoms with Crippen molar-refractivity contribution in [1.82, 2.24) is 0 Å². The molecule has 0 saturated carbocycles. The maximum absolute atomic E-state index is 10.9. The molecule has 4 N–H and O–H groups in total. The van der Waals surface area contributed by atoms with Gasteiger partial charge in [-0.05, 0) is 25.5 Å². The molecule has 1 rings (SSSR count). The second kappa shape index (κ2) is 4.94. The van der Waals surface area contributed by atoms with Crippen molar-refractivity contribution < 1.29 is 9.53 Å². The molecule has 0 radical (unpaired) electrons. The number of primary amides is 1. The fourth-order valence-corrected chi connectivity index (χ4v) is 1.26. The quantitative estimate of drug-likeness (QED) is 0.763. The lowest BCUT2D eigenvalue weighted by molar-refractivity contribution is -0.123. The van der Waals surface area contributed by atoms with Crippen molar-refractivity contribution >= 4 is 23.1 Å². The van der Waals surface area contributed by atoms with Gasteiger partial charge in [-0.3, -0.25) is 4.79 Å². The standard InChI is InChI=1S/C11H14N2O2S/c1-6-3-4-8(11(13)16)5-9(6)15-7(2)10(12)14/h3-5,7H,1-2H3,(H2,12,14)(H2,13,16). The van der Waals surface area contributed by atoms with Gasteiger partial charge >= 0.3 is 0 Å². The van der Waals surface area contributed by atoms with E-state index in [9.17, 15) is 4.79 Å². The van der Waals surface area contributed by atoms with Crippen LogP contribution in [-0.4, -0.2) is 17.0 Å². The van der Waals surface area contributed by atoms with Crippen LogP contribution < -0.4 is 16.2 Å². The number of carbonyl (C=O) groups is 1. The molecule has 1 amide bonds. The van der Waals surface area contributed by atoms with Gasteiger partial charge in [-0.25, -0.2) is 0 Å². The van der Waals surface area contributed by atoms with E-state index in [4.69, 9.17) is 28.4 Å². The fraction of sp³-hybridized carbons (Fsp3) is 0.273. The Hall–Kier alpha value is -1.62. The van der Waals surface area contributed by atoms with E-state index < -0.39 is 12.0 Å². The molecule has 0 heterocycles. The minimum Gasteiger partial charge on any atom is -0.481 e. The zero-order valence-electron chi connectivity index (χ0n) is 9.19. The lowest BCUT2D eigenvalue weighted by Crippen LogP contribution is -2.30. The summed E-state index contributed by atoms with van der Waals surface area (Å²) in [5, 5.41) is 0. The number of amides is 1. The molecule has 16 heavy (non-hydrogen) atoms. The van der Waals surface area contributed by atoms with Gasteiger partial charge in [-0.1, -0.05) is 24.4 Å². The first kappa shape index (κ1) is 12.4. The molecule has 1 aromatic rings. The molecule has 0 saturated heterocycles. The Kier molecular flexibility index (Phi) is 3.84. The predicted octanol–water partition coefficient (Wildman–Crippen LogP) is 0.882. The van der Waals surface area contributed by atoms with Crippen LogP contribution in [0.1, 0.15) is 18.1 Å². The summed E-state index contributed by atoms with van der Waals surface area (Å²) in [7, 11) is 0. The topological polar surface area (TPSA) is 78.3 Å². The first-order valence-electron chi connectivity index (χ1n) is 4.78. The van der Waals surface area contributed by atoms with E-state index in [2.05, 4.69) is 0 Å². The Morgan fingerprint density at radius 1 is 1.44 bits per heavy atom. The van der Waals surface area contributed by atoms with E-state index in [1.165, 1.54) is 0 Å². The zero-order valence-corrected chi connectivity index (χ0v) is 10.0. The summed E-state index contributed by atoms with van der Waals surface area (Å²) < 4.78 is 5.41. The maximum atomic E-state index is 10.9. The van der Waals surface area contributed by atoms with Gasteiger partial charge in [0.1, 0.15) is 10.7 Å². The number of benzene rings is 1. The second-order valence-corrected chi connectivity index (χ2v) is 3.95. The van der Waals surface area contributed by atoms with E-state index in [0.717, 1.165) is 5.56 Å². The Morgan fingerprint density at radius 3 is 2.56 bits per heavy atom. The molecular weight excluding hydrogens is 224 g/mol. The highest BCUT2D eigenvalue weighted by molar-refractivity contribution is 7.80. The van der Waals surface area contributed by atoms with Crippen molar-refractivity contribution in [2.45, 2.75) is 20.0 Å². The smallest absolute Gasteiger partial charge is 0.258 e. The largest absolute Gasteiger partial charge is 0.481 e. The van der Waals surface area contributed by atoms with Crippen LogP contribution in [0.3, 0.4) is 0 Å². The monoisotopic (exact) mass is 238 g/mol. The predicted molar refractivity (Wildman–Crippen MR) is 66.4 cm³/mol. The number of aryl methyl sites for hydroxylation is 1. The first-order chi connectivity index (χ1) is 7.41. The summed E-state index contributed by atoms with van der Waals surface area (Å²) in [6.45, 7) is 3.46. The number of hydrogen-bond acceptors (Lipinski definition) is 3. The molecule has 86 valence electrons. The third-order valence-corrected chi connectivity index (χ3v) is 2.41. The number of ether oxygens (including phenoxy) is 1. The third-order valence-electron chi connectivity index (χ3n) is 2.18. The van der Waals surface area contributed by atoms with Gasteiger partial charge < -0.3 is 16.2 Å². The minimum atomic E-state index is -0.680. The van der Waals surface area contributed by atoms with Crippen LogP contribution in [0.2, 0.25) is 0 Å². The average Bonchev–Trinajstić information content (AvgIpc) is 2.20. The normalized spacial score (nSPS) is 11.9. The summed E-state index contributed by atoms with van der Waals surface area (Å²) in [5.41, 5.74) is 12.2. The average molecular weight is 238 g/mol. The van der Waals surface area contributed by atoms with Crippen LogP contribution in [0.4, 0.5) is 0 Å². The molecule has 1 unspecified atom stereocenters. The number of rotatable bonds is 4. The Bertz CT molecular complexity index is 432. The van der Waals surface area contributed by atoms with E-state index in [1.54, 1.807) is 19.1 Å². The van der Waals surface area contributed by atoms with Gasteiger partial charge in [-0.2, -0.15) is 0 Å². The van der Waals surface area contributed by atoms with Crippen molar-refractivity contribution in [2.24, 2.45) is 11.5 Å². The third kappa shape index (κ3) is 2.93. The molecule has 1 atom stereocenters. The number of hydrogen-bond donors (Lipinski definition) is 2. The van der Waals surface area contributed by atoms with E-state index in [-0.39, 0.29) is 4.99 Å². The number of thiocarbonyl (C=S) groups is 1. The number of carbonyl (C=O) groups excluding carboxylic acids is 1. The maximum Gasteiger partial charge on any atom is 0.258 e. The zero-order chi connectivity index (χ0) is 12.3. The molecule has 0 aliphatic heterocycles. The second-order valence-electron chi connectivity index (χ2n) is 3.51. The van der Waals surface area contributed by atoms with Crippen LogP contribution in [0.5, 0.6) is 5.75 Å². The highest BCUT2D eigenvalue weighted by Gasteiger charge is 2.12. The van der Waals surface area contributed by atoms with Gasteiger partial charge in [0.05, 0.1) is 0 Å². The number of nitrogens with two attached hydrogens (primary N) is 2.